The molecule has 1 aliphatic carbocycles. The van der Waals surface area contributed by atoms with E-state index in [0.717, 1.165) is 66.8 Å². The van der Waals surface area contributed by atoms with Crippen molar-refractivity contribution < 1.29 is 4.42 Å². The Bertz CT molecular complexity index is 3770. The molecule has 0 amide bonds. The van der Waals surface area contributed by atoms with E-state index in [1.54, 1.807) is 0 Å². The molecule has 0 radical (unpaired) electrons. The van der Waals surface area contributed by atoms with E-state index in [1.807, 2.05) is 12.1 Å². The molecule has 1 aliphatic rings. The van der Waals surface area contributed by atoms with Gasteiger partial charge in [0, 0.05) is 27.6 Å². The Kier molecular flexibility index (Phi) is 9.11. The zero-order valence-electron chi connectivity index (χ0n) is 36.7. The predicted octanol–water partition coefficient (Wildman–Crippen LogP) is 17.6. The first kappa shape index (κ1) is 38.7. The van der Waals surface area contributed by atoms with Crippen LogP contribution in [0.1, 0.15) is 22.3 Å². The monoisotopic (exact) mass is 853 g/mol. The van der Waals surface area contributed by atoms with Crippen molar-refractivity contribution in [3.63, 3.8) is 0 Å². The number of nitrogens with zero attached hydrogens (tertiary/aromatic N) is 1. The van der Waals surface area contributed by atoms with Crippen molar-refractivity contribution >= 4 is 49.8 Å². The molecule has 13 rings (SSSR count). The van der Waals surface area contributed by atoms with Crippen molar-refractivity contribution in [3.8, 4) is 44.5 Å². The number of anilines is 3. The van der Waals surface area contributed by atoms with E-state index in [0.29, 0.717) is 0 Å². The van der Waals surface area contributed by atoms with Gasteiger partial charge in [0.1, 0.15) is 11.2 Å². The molecule has 2 heteroatoms. The lowest BCUT2D eigenvalue weighted by Crippen LogP contribution is -2.28. The van der Waals surface area contributed by atoms with Crippen molar-refractivity contribution in [1.29, 1.82) is 0 Å². The maximum absolute atomic E-state index is 6.29. The fraction of sp³-hybridized carbons (Fsp3) is 0.0154. The fourth-order valence-electron chi connectivity index (χ4n) is 11.0. The third kappa shape index (κ3) is 6.18. The largest absolute Gasteiger partial charge is 0.456 e. The lowest BCUT2D eigenvalue weighted by Gasteiger charge is -2.35. The highest BCUT2D eigenvalue weighted by Crippen LogP contribution is 2.60. The van der Waals surface area contributed by atoms with E-state index in [2.05, 4.69) is 254 Å². The molecule has 0 saturated carbocycles. The summed E-state index contributed by atoms with van der Waals surface area (Å²) in [5.74, 6) is 0. The summed E-state index contributed by atoms with van der Waals surface area (Å²) in [6, 6.07) is 95.4. The molecular formula is C65H43NO. The molecule has 11 aromatic carbocycles. The van der Waals surface area contributed by atoms with E-state index in [9.17, 15) is 0 Å². The highest BCUT2D eigenvalue weighted by atomic mass is 16.3. The highest BCUT2D eigenvalue weighted by Gasteiger charge is 2.47. The van der Waals surface area contributed by atoms with Crippen LogP contribution in [0, 0.1) is 0 Å². The molecule has 0 saturated heterocycles. The first-order chi connectivity index (χ1) is 33.2. The standard InChI is InChI=1S/C65H43NO/c1-4-19-45(20-5-1)54-39-37-48(53-32-17-22-44-21-10-11-29-52(44)53)43-61(54)66(51-28-16-23-46(41-51)47-38-40-63-57(42-47)55-30-13-15-36-62(55)67-63)60-35-18-34-59-64(60)56-31-12-14-33-58(56)65(59,49-24-6-2-7-25-49)50-26-8-3-9-27-50/h1-43H. The molecule has 2 nitrogen and oxygen atoms in total. The smallest absolute Gasteiger partial charge is 0.135 e. The Morgan fingerprint density at radius 2 is 0.896 bits per heavy atom. The third-order valence-electron chi connectivity index (χ3n) is 13.9. The normalized spacial score (nSPS) is 12.6. The minimum Gasteiger partial charge on any atom is -0.456 e. The van der Waals surface area contributed by atoms with Crippen LogP contribution in [-0.4, -0.2) is 0 Å². The Hall–Kier alpha value is -8.72. The van der Waals surface area contributed by atoms with Gasteiger partial charge in [-0.3, -0.25) is 0 Å². The molecule has 314 valence electrons. The van der Waals surface area contributed by atoms with E-state index in [4.69, 9.17) is 4.42 Å². The second-order valence-electron chi connectivity index (χ2n) is 17.5. The molecule has 1 heterocycles. The topological polar surface area (TPSA) is 16.4 Å². The molecule has 0 unspecified atom stereocenters. The molecule has 0 spiro atoms. The van der Waals surface area contributed by atoms with Gasteiger partial charge in [-0.05, 0) is 109 Å². The van der Waals surface area contributed by atoms with Crippen LogP contribution in [0.2, 0.25) is 0 Å². The van der Waals surface area contributed by atoms with Gasteiger partial charge >= 0.3 is 0 Å². The van der Waals surface area contributed by atoms with E-state index >= 15 is 0 Å². The zero-order valence-corrected chi connectivity index (χ0v) is 36.7. The van der Waals surface area contributed by atoms with Gasteiger partial charge in [0.05, 0.1) is 16.8 Å². The summed E-state index contributed by atoms with van der Waals surface area (Å²) in [4.78, 5) is 2.54. The summed E-state index contributed by atoms with van der Waals surface area (Å²) >= 11 is 0. The lowest BCUT2D eigenvalue weighted by molar-refractivity contribution is 0.669. The van der Waals surface area contributed by atoms with Crippen molar-refractivity contribution in [2.24, 2.45) is 0 Å². The van der Waals surface area contributed by atoms with Gasteiger partial charge in [0.25, 0.3) is 0 Å². The van der Waals surface area contributed by atoms with Crippen molar-refractivity contribution in [2.45, 2.75) is 5.41 Å². The molecule has 1 aromatic heterocycles. The fourth-order valence-corrected chi connectivity index (χ4v) is 11.0. The molecule has 0 aliphatic heterocycles. The summed E-state index contributed by atoms with van der Waals surface area (Å²) in [5, 5.41) is 4.68. The van der Waals surface area contributed by atoms with Crippen LogP contribution in [0.4, 0.5) is 17.1 Å². The van der Waals surface area contributed by atoms with Crippen LogP contribution < -0.4 is 4.90 Å². The Morgan fingerprint density at radius 3 is 1.72 bits per heavy atom. The van der Waals surface area contributed by atoms with Crippen LogP contribution in [0.5, 0.6) is 0 Å². The van der Waals surface area contributed by atoms with Crippen molar-refractivity contribution in [2.75, 3.05) is 4.90 Å². The minimum absolute atomic E-state index is 0.562. The molecular weight excluding hydrogens is 811 g/mol. The number of benzene rings is 11. The number of fused-ring (bicyclic) bond motifs is 7. The summed E-state index contributed by atoms with van der Waals surface area (Å²) in [7, 11) is 0. The van der Waals surface area contributed by atoms with Gasteiger partial charge in [-0.15, -0.1) is 0 Å². The molecule has 0 bridgehead atoms. The number of rotatable bonds is 8. The second-order valence-corrected chi connectivity index (χ2v) is 17.5. The first-order valence-corrected chi connectivity index (χ1v) is 23.1. The molecule has 12 aromatic rings. The Labute approximate surface area is 390 Å². The summed E-state index contributed by atoms with van der Waals surface area (Å²) < 4.78 is 6.29. The quantitative estimate of drug-likeness (QED) is 0.151. The van der Waals surface area contributed by atoms with Crippen molar-refractivity contribution in [3.05, 3.63) is 283 Å². The minimum atomic E-state index is -0.562. The molecule has 0 fully saturated rings. The van der Waals surface area contributed by atoms with E-state index in [1.165, 1.54) is 49.7 Å². The van der Waals surface area contributed by atoms with Crippen LogP contribution in [0.25, 0.3) is 77.2 Å². The number of para-hydroxylation sites is 1. The molecule has 67 heavy (non-hydrogen) atoms. The van der Waals surface area contributed by atoms with Crippen LogP contribution >= 0.6 is 0 Å². The van der Waals surface area contributed by atoms with Gasteiger partial charge in [-0.2, -0.15) is 0 Å². The predicted molar refractivity (Wildman–Crippen MR) is 280 cm³/mol. The maximum atomic E-state index is 6.29. The van der Waals surface area contributed by atoms with E-state index in [-0.39, 0.29) is 0 Å². The van der Waals surface area contributed by atoms with E-state index < -0.39 is 5.41 Å². The molecule has 0 atom stereocenters. The second kappa shape index (κ2) is 15.8. The van der Waals surface area contributed by atoms with Gasteiger partial charge in [0.2, 0.25) is 0 Å². The van der Waals surface area contributed by atoms with Crippen LogP contribution in [0.3, 0.4) is 0 Å². The molecule has 0 N–H and O–H groups in total. The average molecular weight is 854 g/mol. The average Bonchev–Trinajstić information content (AvgIpc) is 3.93. The summed E-state index contributed by atoms with van der Waals surface area (Å²) in [5.41, 5.74) is 18.8. The summed E-state index contributed by atoms with van der Waals surface area (Å²) in [6.07, 6.45) is 0. The first-order valence-electron chi connectivity index (χ1n) is 23.1. The number of hydrogen-bond donors (Lipinski definition) is 0. The van der Waals surface area contributed by atoms with Gasteiger partial charge in [0.15, 0.2) is 0 Å². The van der Waals surface area contributed by atoms with Gasteiger partial charge < -0.3 is 9.32 Å². The van der Waals surface area contributed by atoms with Crippen LogP contribution in [-0.2, 0) is 5.41 Å². The van der Waals surface area contributed by atoms with Crippen LogP contribution in [0.15, 0.2) is 265 Å². The summed E-state index contributed by atoms with van der Waals surface area (Å²) in [6.45, 7) is 0. The SMILES string of the molecule is c1ccc(-c2ccc(-c3cccc4ccccc34)cc2N(c2cccc(-c3ccc4oc5ccccc5c4c3)c2)c2cccc3c2-c2ccccc2C3(c2ccccc2)c2ccccc2)cc1. The maximum Gasteiger partial charge on any atom is 0.135 e. The Balaban J connectivity index is 1.12. The highest BCUT2D eigenvalue weighted by molar-refractivity contribution is 6.07. The van der Waals surface area contributed by atoms with Gasteiger partial charge in [-0.25, -0.2) is 0 Å². The lowest BCUT2D eigenvalue weighted by atomic mass is 9.68. The van der Waals surface area contributed by atoms with Gasteiger partial charge in [-0.1, -0.05) is 218 Å². The third-order valence-corrected chi connectivity index (χ3v) is 13.9. The number of furan rings is 1. The number of hydrogen-bond acceptors (Lipinski definition) is 2. The van der Waals surface area contributed by atoms with Crippen molar-refractivity contribution in [1.82, 2.24) is 0 Å². The Morgan fingerprint density at radius 1 is 0.313 bits per heavy atom. The zero-order chi connectivity index (χ0) is 44.3.